The molecule has 0 saturated heterocycles. The van der Waals surface area contributed by atoms with E-state index in [-0.39, 0.29) is 0 Å². The Morgan fingerprint density at radius 2 is 1.31 bits per heavy atom. The second-order valence-corrected chi connectivity index (χ2v) is 5.20. The molecule has 0 unspecified atom stereocenters. The van der Waals surface area contributed by atoms with Crippen molar-refractivity contribution in [3.05, 3.63) is 28.8 Å². The van der Waals surface area contributed by atoms with Gasteiger partial charge < -0.3 is 14.9 Å². The van der Waals surface area contributed by atoms with Gasteiger partial charge in [0.15, 0.2) is 0 Å². The van der Waals surface area contributed by atoms with E-state index >= 15 is 0 Å². The minimum Gasteiger partial charge on any atom is -0.507 e. The lowest BCUT2D eigenvalue weighted by atomic mass is 10.0. The minimum absolute atomic E-state index is 0.480. The topological polar surface area (TPSA) is 29.1 Å². The van der Waals surface area contributed by atoms with Crippen LogP contribution in [0.5, 0.6) is 5.75 Å². The second kappa shape index (κ2) is 5.32. The molecule has 0 bridgehead atoms. The summed E-state index contributed by atoms with van der Waals surface area (Å²) in [5, 5.41) is 10.2. The van der Waals surface area contributed by atoms with Gasteiger partial charge in [0.1, 0.15) is 18.8 Å². The van der Waals surface area contributed by atoms with Gasteiger partial charge in [0.05, 0.1) is 28.2 Å². The van der Waals surface area contributed by atoms with E-state index < -0.39 is 0 Å². The Kier molecular flexibility index (Phi) is 4.33. The van der Waals surface area contributed by atoms with E-state index in [1.807, 2.05) is 0 Å². The molecule has 0 aliphatic carbocycles. The summed E-state index contributed by atoms with van der Waals surface area (Å²) in [7, 11) is 8.38. The van der Waals surface area contributed by atoms with E-state index in [1.54, 1.807) is 0 Å². The van der Waals surface area contributed by atoms with Crippen molar-refractivity contribution in [3.63, 3.8) is 0 Å². The second-order valence-electron chi connectivity index (χ2n) is 5.20. The number of hydrogen-bond donors (Lipinski definition) is 3. The van der Waals surface area contributed by atoms with Crippen LogP contribution in [-0.2, 0) is 13.1 Å². The number of quaternary nitrogens is 2. The summed E-state index contributed by atoms with van der Waals surface area (Å²) in [5.41, 5.74) is 3.33. The molecule has 0 amide bonds. The normalized spacial score (nSPS) is 11.4. The van der Waals surface area contributed by atoms with Gasteiger partial charge in [-0.15, -0.1) is 0 Å². The van der Waals surface area contributed by atoms with Gasteiger partial charge in [-0.05, 0) is 24.6 Å². The largest absolute Gasteiger partial charge is 0.507 e. The van der Waals surface area contributed by atoms with Crippen LogP contribution in [0.15, 0.2) is 12.1 Å². The van der Waals surface area contributed by atoms with Crippen LogP contribution in [0.2, 0.25) is 0 Å². The lowest BCUT2D eigenvalue weighted by Crippen LogP contribution is -3.04. The summed E-state index contributed by atoms with van der Waals surface area (Å²) in [6.07, 6.45) is 0. The maximum Gasteiger partial charge on any atom is 0.133 e. The third-order valence-electron chi connectivity index (χ3n) is 2.50. The molecular formula is C13H24N2O+2. The molecule has 3 heteroatoms. The van der Waals surface area contributed by atoms with Crippen LogP contribution in [0.25, 0.3) is 0 Å². The number of phenolic OH excluding ortho intramolecular Hbond substituents is 1. The lowest BCUT2D eigenvalue weighted by Gasteiger charge is -2.14. The van der Waals surface area contributed by atoms with Crippen molar-refractivity contribution in [2.75, 3.05) is 28.2 Å². The molecule has 1 aromatic rings. The standard InChI is InChI=1S/C13H22N2O/c1-10-6-11(8-14(2)3)13(16)12(7-10)9-15(4)5/h6-7,16H,8-9H2,1-5H3/p+2. The number of aromatic hydroxyl groups is 1. The highest BCUT2D eigenvalue weighted by Crippen LogP contribution is 2.23. The summed E-state index contributed by atoms with van der Waals surface area (Å²) in [6.45, 7) is 3.81. The van der Waals surface area contributed by atoms with Gasteiger partial charge in [-0.25, -0.2) is 0 Å². The molecule has 16 heavy (non-hydrogen) atoms. The van der Waals surface area contributed by atoms with Crippen LogP contribution < -0.4 is 9.80 Å². The molecule has 1 rings (SSSR count). The van der Waals surface area contributed by atoms with Gasteiger partial charge in [0.25, 0.3) is 0 Å². The molecule has 0 radical (unpaired) electrons. The predicted molar refractivity (Wildman–Crippen MR) is 65.9 cm³/mol. The molecule has 0 atom stereocenters. The van der Waals surface area contributed by atoms with Gasteiger partial charge in [0, 0.05) is 11.1 Å². The monoisotopic (exact) mass is 224 g/mol. The molecule has 3 nitrogen and oxygen atoms in total. The van der Waals surface area contributed by atoms with E-state index in [4.69, 9.17) is 0 Å². The van der Waals surface area contributed by atoms with Crippen molar-refractivity contribution in [1.82, 2.24) is 0 Å². The van der Waals surface area contributed by atoms with Gasteiger partial charge in [-0.1, -0.05) is 0 Å². The van der Waals surface area contributed by atoms with Crippen molar-refractivity contribution in [3.8, 4) is 5.75 Å². The molecular weight excluding hydrogens is 200 g/mol. The molecule has 90 valence electrons. The average Bonchev–Trinajstić information content (AvgIpc) is 2.11. The molecule has 0 aliphatic rings. The molecule has 0 aromatic heterocycles. The van der Waals surface area contributed by atoms with Gasteiger partial charge >= 0.3 is 0 Å². The first-order valence-corrected chi connectivity index (χ1v) is 5.79. The number of rotatable bonds is 4. The highest BCUT2D eigenvalue weighted by atomic mass is 16.3. The fourth-order valence-electron chi connectivity index (χ4n) is 1.97. The summed E-state index contributed by atoms with van der Waals surface area (Å²) in [5.74, 6) is 0.480. The van der Waals surface area contributed by atoms with E-state index in [0.717, 1.165) is 24.2 Å². The third-order valence-corrected chi connectivity index (χ3v) is 2.50. The fourth-order valence-corrected chi connectivity index (χ4v) is 1.97. The first kappa shape index (κ1) is 13.0. The van der Waals surface area contributed by atoms with Crippen LogP contribution in [0, 0.1) is 6.92 Å². The van der Waals surface area contributed by atoms with Crippen molar-refractivity contribution in [2.24, 2.45) is 0 Å². The number of hydrogen-bond acceptors (Lipinski definition) is 1. The molecule has 3 N–H and O–H groups in total. The molecule has 0 heterocycles. The Labute approximate surface area is 98.3 Å². The lowest BCUT2D eigenvalue weighted by molar-refractivity contribution is -0.873. The fraction of sp³-hybridized carbons (Fsp3) is 0.538. The zero-order valence-corrected chi connectivity index (χ0v) is 11.0. The Hall–Kier alpha value is -1.06. The first-order chi connectivity index (χ1) is 7.40. The Morgan fingerprint density at radius 1 is 0.938 bits per heavy atom. The third kappa shape index (κ3) is 3.51. The Morgan fingerprint density at radius 3 is 1.62 bits per heavy atom. The summed E-state index contributed by atoms with van der Waals surface area (Å²) in [6, 6.07) is 4.16. The number of aryl methyl sites for hydroxylation is 1. The van der Waals surface area contributed by atoms with Crippen LogP contribution in [-0.4, -0.2) is 33.3 Å². The van der Waals surface area contributed by atoms with Crippen LogP contribution in [0.1, 0.15) is 16.7 Å². The van der Waals surface area contributed by atoms with Crippen LogP contribution in [0.4, 0.5) is 0 Å². The quantitative estimate of drug-likeness (QED) is 0.601. The zero-order chi connectivity index (χ0) is 12.3. The minimum atomic E-state index is 0.480. The average molecular weight is 224 g/mol. The maximum atomic E-state index is 10.2. The van der Waals surface area contributed by atoms with Crippen LogP contribution in [0.3, 0.4) is 0 Å². The maximum absolute atomic E-state index is 10.2. The number of phenols is 1. The van der Waals surface area contributed by atoms with E-state index in [1.165, 1.54) is 15.4 Å². The molecule has 1 aromatic carbocycles. The van der Waals surface area contributed by atoms with Crippen molar-refractivity contribution in [2.45, 2.75) is 20.0 Å². The highest BCUT2D eigenvalue weighted by Gasteiger charge is 2.13. The van der Waals surface area contributed by atoms with Crippen LogP contribution >= 0.6 is 0 Å². The molecule has 0 saturated carbocycles. The Balaban J connectivity index is 3.05. The van der Waals surface area contributed by atoms with Gasteiger partial charge in [-0.3, -0.25) is 0 Å². The SMILES string of the molecule is Cc1cc(C[NH+](C)C)c(O)c(C[NH+](C)C)c1. The number of nitrogens with one attached hydrogen (secondary N) is 2. The van der Waals surface area contributed by atoms with Crippen molar-refractivity contribution in [1.29, 1.82) is 0 Å². The van der Waals surface area contributed by atoms with Crippen molar-refractivity contribution >= 4 is 0 Å². The Bertz CT molecular complexity index is 328. The zero-order valence-electron chi connectivity index (χ0n) is 11.0. The predicted octanol–water partition coefficient (Wildman–Crippen LogP) is -1.01. The molecule has 0 fully saturated rings. The van der Waals surface area contributed by atoms with Gasteiger partial charge in [-0.2, -0.15) is 0 Å². The van der Waals surface area contributed by atoms with Gasteiger partial charge in [0.2, 0.25) is 0 Å². The molecule has 0 spiro atoms. The molecule has 0 aliphatic heterocycles. The highest BCUT2D eigenvalue weighted by molar-refractivity contribution is 5.42. The summed E-state index contributed by atoms with van der Waals surface area (Å²) >= 11 is 0. The van der Waals surface area contributed by atoms with E-state index in [2.05, 4.69) is 47.2 Å². The van der Waals surface area contributed by atoms with Crippen molar-refractivity contribution < 1.29 is 14.9 Å². The summed E-state index contributed by atoms with van der Waals surface area (Å²) < 4.78 is 0. The number of benzene rings is 1. The first-order valence-electron chi connectivity index (χ1n) is 5.79. The summed E-state index contributed by atoms with van der Waals surface area (Å²) in [4.78, 5) is 2.65. The smallest absolute Gasteiger partial charge is 0.133 e. The van der Waals surface area contributed by atoms with E-state index in [9.17, 15) is 5.11 Å². The van der Waals surface area contributed by atoms with E-state index in [0.29, 0.717) is 5.75 Å².